The van der Waals surface area contributed by atoms with Crippen LogP contribution in [0.5, 0.6) is 0 Å². The summed E-state index contributed by atoms with van der Waals surface area (Å²) in [4.78, 5) is 7.80. The average Bonchev–Trinajstić information content (AvgIpc) is 2.36. The largest absolute Gasteiger partial charge is 0.367 e. The Kier molecular flexibility index (Phi) is 4.68. The summed E-state index contributed by atoms with van der Waals surface area (Å²) in [7, 11) is 0. The molecule has 0 spiro atoms. The van der Waals surface area contributed by atoms with Crippen molar-refractivity contribution in [1.82, 2.24) is 9.97 Å². The maximum atomic E-state index is 8.81. The zero-order valence-electron chi connectivity index (χ0n) is 9.66. The first-order valence-electron chi connectivity index (χ1n) is 5.24. The zero-order valence-corrected chi connectivity index (χ0v) is 10.4. The molecule has 1 aromatic rings. The summed E-state index contributed by atoms with van der Waals surface area (Å²) in [5.74, 6) is 0.816. The second-order valence-corrected chi connectivity index (χ2v) is 4.04. The van der Waals surface area contributed by atoms with Crippen LogP contribution in [0.1, 0.15) is 31.7 Å². The van der Waals surface area contributed by atoms with E-state index < -0.39 is 0 Å². The van der Waals surface area contributed by atoms with Gasteiger partial charge in [-0.2, -0.15) is 10.5 Å². The maximum Gasteiger partial charge on any atom is 0.179 e. The number of hydrogen-bond donors (Lipinski definition) is 1. The van der Waals surface area contributed by atoms with Crippen LogP contribution in [0.2, 0.25) is 5.15 Å². The fourth-order valence-electron chi connectivity index (χ4n) is 1.10. The Bertz CT molecular complexity index is 486. The van der Waals surface area contributed by atoms with Crippen molar-refractivity contribution in [2.75, 3.05) is 11.9 Å². The summed E-state index contributed by atoms with van der Waals surface area (Å²) in [6.45, 7) is 4.87. The van der Waals surface area contributed by atoms with Gasteiger partial charge in [0, 0.05) is 6.54 Å². The molecule has 0 aliphatic rings. The molecule has 1 N–H and O–H groups in total. The number of aromatic nitrogens is 2. The van der Waals surface area contributed by atoms with E-state index in [1.165, 1.54) is 0 Å². The second-order valence-electron chi connectivity index (χ2n) is 3.68. The molecule has 0 aliphatic carbocycles. The van der Waals surface area contributed by atoms with Gasteiger partial charge in [-0.05, 0) is 5.92 Å². The highest BCUT2D eigenvalue weighted by atomic mass is 35.5. The number of anilines is 1. The van der Waals surface area contributed by atoms with E-state index >= 15 is 0 Å². The van der Waals surface area contributed by atoms with E-state index in [0.29, 0.717) is 18.3 Å². The molecule has 0 saturated carbocycles. The first-order chi connectivity index (χ1) is 8.12. The third-order valence-corrected chi connectivity index (χ3v) is 2.64. The van der Waals surface area contributed by atoms with Gasteiger partial charge in [-0.25, -0.2) is 9.97 Å². The number of hydrogen-bond acceptors (Lipinski definition) is 5. The fourth-order valence-corrected chi connectivity index (χ4v) is 1.29. The molecule has 0 amide bonds. The molecule has 1 heterocycles. The van der Waals surface area contributed by atoms with Crippen LogP contribution >= 0.6 is 11.6 Å². The highest BCUT2D eigenvalue weighted by Gasteiger charge is 2.12. The fraction of sp³-hybridized carbons (Fsp3) is 0.455. The van der Waals surface area contributed by atoms with Crippen molar-refractivity contribution in [3.05, 3.63) is 16.5 Å². The van der Waals surface area contributed by atoms with Crippen LogP contribution in [0.15, 0.2) is 0 Å². The number of nitrogens with one attached hydrogen (secondary N) is 1. The van der Waals surface area contributed by atoms with E-state index in [0.717, 1.165) is 6.42 Å². The average molecular weight is 250 g/mol. The minimum atomic E-state index is -0.0495. The molecule has 0 saturated heterocycles. The van der Waals surface area contributed by atoms with Crippen LogP contribution in [-0.4, -0.2) is 16.5 Å². The highest BCUT2D eigenvalue weighted by molar-refractivity contribution is 6.31. The van der Waals surface area contributed by atoms with Crippen LogP contribution in [0, 0.1) is 28.6 Å². The van der Waals surface area contributed by atoms with Gasteiger partial charge < -0.3 is 5.32 Å². The Hall–Kier alpha value is -1.85. The molecular weight excluding hydrogens is 238 g/mol. The topological polar surface area (TPSA) is 85.4 Å². The van der Waals surface area contributed by atoms with Gasteiger partial charge >= 0.3 is 0 Å². The van der Waals surface area contributed by atoms with E-state index in [9.17, 15) is 0 Å². The van der Waals surface area contributed by atoms with E-state index in [2.05, 4.69) is 29.1 Å². The van der Waals surface area contributed by atoms with E-state index in [1.807, 2.05) is 6.07 Å². The lowest BCUT2D eigenvalue weighted by Gasteiger charge is -2.11. The monoisotopic (exact) mass is 249 g/mol. The quantitative estimate of drug-likeness (QED) is 0.885. The summed E-state index contributed by atoms with van der Waals surface area (Å²) < 4.78 is 0. The zero-order chi connectivity index (χ0) is 12.8. The standard InChI is InChI=1S/C11H12ClN5/c1-3-7(2)6-15-11-10(12)16-8(4-13)9(5-14)17-11/h7H,3,6H2,1-2H3,(H,15,17). The lowest BCUT2D eigenvalue weighted by molar-refractivity contribution is 0.592. The lowest BCUT2D eigenvalue weighted by Crippen LogP contribution is -2.13. The van der Waals surface area contributed by atoms with Crippen LogP contribution in [0.3, 0.4) is 0 Å². The smallest absolute Gasteiger partial charge is 0.179 e. The van der Waals surface area contributed by atoms with Crippen molar-refractivity contribution in [3.63, 3.8) is 0 Å². The maximum absolute atomic E-state index is 8.81. The molecule has 0 aromatic carbocycles. The van der Waals surface area contributed by atoms with Gasteiger partial charge in [0.1, 0.15) is 12.1 Å². The number of nitriles is 2. The van der Waals surface area contributed by atoms with E-state index in [4.69, 9.17) is 22.1 Å². The van der Waals surface area contributed by atoms with Gasteiger partial charge in [0.15, 0.2) is 22.4 Å². The van der Waals surface area contributed by atoms with Gasteiger partial charge in [-0.1, -0.05) is 31.9 Å². The van der Waals surface area contributed by atoms with Gasteiger partial charge in [-0.15, -0.1) is 0 Å². The molecule has 6 heteroatoms. The summed E-state index contributed by atoms with van der Waals surface area (Å²) in [5.41, 5.74) is -0.0601. The second kappa shape index (κ2) is 6.03. The van der Waals surface area contributed by atoms with Crippen LogP contribution in [0.4, 0.5) is 5.82 Å². The normalized spacial score (nSPS) is 11.4. The summed E-state index contributed by atoms with van der Waals surface area (Å²) in [6, 6.07) is 3.60. The molecular formula is C11H12ClN5. The number of halogens is 1. The third-order valence-electron chi connectivity index (χ3n) is 2.38. The van der Waals surface area contributed by atoms with E-state index in [1.54, 1.807) is 6.07 Å². The predicted molar refractivity (Wildman–Crippen MR) is 64.4 cm³/mol. The molecule has 1 aromatic heterocycles. The molecule has 0 aliphatic heterocycles. The minimum Gasteiger partial charge on any atom is -0.367 e. The molecule has 0 radical (unpaired) electrons. The highest BCUT2D eigenvalue weighted by Crippen LogP contribution is 2.19. The minimum absolute atomic E-state index is 0.0106. The molecule has 1 atom stereocenters. The summed E-state index contributed by atoms with van der Waals surface area (Å²) in [5, 5.41) is 20.7. The Labute approximate surface area is 105 Å². The molecule has 0 fully saturated rings. The Morgan fingerprint density at radius 3 is 2.41 bits per heavy atom. The number of nitrogens with zero attached hydrogens (tertiary/aromatic N) is 4. The van der Waals surface area contributed by atoms with Gasteiger partial charge in [0.25, 0.3) is 0 Å². The molecule has 0 bridgehead atoms. The summed E-state index contributed by atoms with van der Waals surface area (Å²) in [6.07, 6.45) is 1.03. The number of rotatable bonds is 4. The van der Waals surface area contributed by atoms with Gasteiger partial charge in [0.05, 0.1) is 0 Å². The Morgan fingerprint density at radius 2 is 1.88 bits per heavy atom. The Morgan fingerprint density at radius 1 is 1.29 bits per heavy atom. The van der Waals surface area contributed by atoms with Crippen LogP contribution < -0.4 is 5.32 Å². The lowest BCUT2D eigenvalue weighted by atomic mass is 10.1. The van der Waals surface area contributed by atoms with E-state index in [-0.39, 0.29) is 16.5 Å². The van der Waals surface area contributed by atoms with Crippen LogP contribution in [0.25, 0.3) is 0 Å². The van der Waals surface area contributed by atoms with Crippen molar-refractivity contribution in [1.29, 1.82) is 10.5 Å². The molecule has 1 rings (SSSR count). The molecule has 17 heavy (non-hydrogen) atoms. The van der Waals surface area contributed by atoms with Crippen molar-refractivity contribution < 1.29 is 0 Å². The first kappa shape index (κ1) is 13.2. The Balaban J connectivity index is 2.95. The van der Waals surface area contributed by atoms with Crippen LogP contribution in [-0.2, 0) is 0 Å². The molecule has 1 unspecified atom stereocenters. The SMILES string of the molecule is CCC(C)CNc1nc(C#N)c(C#N)nc1Cl. The van der Waals surface area contributed by atoms with Crippen molar-refractivity contribution in [2.45, 2.75) is 20.3 Å². The predicted octanol–water partition coefficient (Wildman–Crippen LogP) is 2.33. The molecule has 5 nitrogen and oxygen atoms in total. The van der Waals surface area contributed by atoms with Crippen molar-refractivity contribution in [2.24, 2.45) is 5.92 Å². The van der Waals surface area contributed by atoms with Crippen molar-refractivity contribution in [3.8, 4) is 12.1 Å². The van der Waals surface area contributed by atoms with Crippen molar-refractivity contribution >= 4 is 17.4 Å². The molecule has 88 valence electrons. The summed E-state index contributed by atoms with van der Waals surface area (Å²) >= 11 is 5.87. The third kappa shape index (κ3) is 3.30. The van der Waals surface area contributed by atoms with Gasteiger partial charge in [0.2, 0.25) is 0 Å². The first-order valence-corrected chi connectivity index (χ1v) is 5.61. The van der Waals surface area contributed by atoms with Gasteiger partial charge in [-0.3, -0.25) is 0 Å².